The van der Waals surface area contributed by atoms with Crippen LogP contribution >= 0.6 is 0 Å². The molecule has 0 spiro atoms. The van der Waals surface area contributed by atoms with E-state index < -0.39 is 11.2 Å². The molecule has 4 N–H and O–H groups in total. The molecule has 6 aromatic rings. The van der Waals surface area contributed by atoms with Crippen molar-refractivity contribution in [3.8, 4) is 34.3 Å². The first-order chi connectivity index (χ1) is 18.9. The Morgan fingerprint density at radius 1 is 0.949 bits per heavy atom. The van der Waals surface area contributed by atoms with Crippen LogP contribution in [-0.4, -0.2) is 27.4 Å². The van der Waals surface area contributed by atoms with Gasteiger partial charge >= 0.3 is 0 Å². The molecule has 2 aromatic heterocycles. The summed E-state index contributed by atoms with van der Waals surface area (Å²) in [5, 5.41) is 35.2. The first-order valence-corrected chi connectivity index (χ1v) is 12.5. The number of rotatable bonds is 4. The molecule has 2 heterocycles. The number of ether oxygens (including phenoxy) is 1. The summed E-state index contributed by atoms with van der Waals surface area (Å²) in [7, 11) is 1.33. The van der Waals surface area contributed by atoms with Crippen LogP contribution in [0.5, 0.6) is 23.0 Å². The lowest BCUT2D eigenvalue weighted by molar-refractivity contribution is 0.344. The van der Waals surface area contributed by atoms with Crippen molar-refractivity contribution in [1.82, 2.24) is 4.98 Å². The van der Waals surface area contributed by atoms with Gasteiger partial charge in [0.1, 0.15) is 22.5 Å². The van der Waals surface area contributed by atoms with E-state index in [1.54, 1.807) is 12.1 Å². The van der Waals surface area contributed by atoms with Gasteiger partial charge in [0.25, 0.3) is 0 Å². The monoisotopic (exact) mass is 517 g/mol. The number of H-pyrrole nitrogens is 1. The molecule has 0 fully saturated rings. The summed E-state index contributed by atoms with van der Waals surface area (Å²) in [6.45, 7) is 0. The lowest BCUT2D eigenvalue weighted by Gasteiger charge is -2.23. The Balaban J connectivity index is 1.45. The first kappa shape index (κ1) is 23.0. The lowest BCUT2D eigenvalue weighted by Crippen LogP contribution is -2.09. The van der Waals surface area contributed by atoms with Gasteiger partial charge in [0.2, 0.25) is 5.75 Å². The Hall–Kier alpha value is -5.17. The molecule has 1 unspecified atom stereocenters. The maximum absolute atomic E-state index is 13.3. The number of aromatic hydroxyl groups is 3. The highest BCUT2D eigenvalue weighted by Gasteiger charge is 2.28. The van der Waals surface area contributed by atoms with Gasteiger partial charge < -0.3 is 29.5 Å². The van der Waals surface area contributed by atoms with Crippen molar-refractivity contribution >= 4 is 38.7 Å². The molecular weight excluding hydrogens is 494 g/mol. The van der Waals surface area contributed by atoms with Crippen LogP contribution in [0.3, 0.4) is 0 Å². The van der Waals surface area contributed by atoms with E-state index >= 15 is 0 Å². The van der Waals surface area contributed by atoms with Gasteiger partial charge in [-0.15, -0.1) is 0 Å². The minimum atomic E-state index is -0.474. The average molecular weight is 518 g/mol. The summed E-state index contributed by atoms with van der Waals surface area (Å²) in [6.07, 6.45) is 6.38. The third kappa shape index (κ3) is 3.40. The lowest BCUT2D eigenvalue weighted by atomic mass is 9.81. The van der Waals surface area contributed by atoms with Gasteiger partial charge in [-0.1, -0.05) is 30.4 Å². The summed E-state index contributed by atoms with van der Waals surface area (Å²) in [4.78, 5) is 16.6. The number of hydrogen-bond acceptors (Lipinski definition) is 6. The third-order valence-electron chi connectivity index (χ3n) is 7.62. The molecular formula is C32H23NO6. The predicted octanol–water partition coefficient (Wildman–Crippen LogP) is 6.57. The predicted molar refractivity (Wildman–Crippen MR) is 151 cm³/mol. The van der Waals surface area contributed by atoms with Crippen LogP contribution < -0.4 is 10.2 Å². The summed E-state index contributed by atoms with van der Waals surface area (Å²) >= 11 is 0. The summed E-state index contributed by atoms with van der Waals surface area (Å²) in [5.41, 5.74) is 3.80. The fourth-order valence-electron chi connectivity index (χ4n) is 5.79. The SMILES string of the molecule is COc1c(O)c(CC2C=Cc3cc4[nH]ccc4c4cccc2c34)c2oc(-c3ccc(O)cc3)cc(=O)c2c1O. The zero-order chi connectivity index (χ0) is 26.8. The van der Waals surface area contributed by atoms with E-state index in [9.17, 15) is 20.1 Å². The van der Waals surface area contributed by atoms with E-state index in [-0.39, 0.29) is 39.9 Å². The van der Waals surface area contributed by atoms with Crippen LogP contribution in [0.1, 0.15) is 22.6 Å². The van der Waals surface area contributed by atoms with Gasteiger partial charge in [-0.2, -0.15) is 0 Å². The number of aromatic nitrogens is 1. The number of benzene rings is 4. The summed E-state index contributed by atoms with van der Waals surface area (Å²) in [6, 6.07) is 17.9. The van der Waals surface area contributed by atoms with Crippen molar-refractivity contribution in [3.05, 3.63) is 99.9 Å². The molecule has 0 aliphatic heterocycles. The largest absolute Gasteiger partial charge is 0.508 e. The maximum atomic E-state index is 13.3. The molecule has 0 saturated carbocycles. The highest BCUT2D eigenvalue weighted by molar-refractivity contribution is 6.12. The number of methoxy groups -OCH3 is 1. The van der Waals surface area contributed by atoms with Crippen molar-refractivity contribution in [1.29, 1.82) is 0 Å². The summed E-state index contributed by atoms with van der Waals surface area (Å²) in [5.74, 6) is -0.738. The van der Waals surface area contributed by atoms with Gasteiger partial charge in [-0.05, 0) is 64.7 Å². The van der Waals surface area contributed by atoms with Gasteiger partial charge in [-0.25, -0.2) is 0 Å². The number of nitrogens with one attached hydrogen (secondary N) is 1. The number of fused-ring (bicyclic) bond motifs is 3. The van der Waals surface area contributed by atoms with E-state index in [1.165, 1.54) is 25.3 Å². The van der Waals surface area contributed by atoms with Crippen LogP contribution in [0.4, 0.5) is 0 Å². The van der Waals surface area contributed by atoms with Crippen molar-refractivity contribution in [2.45, 2.75) is 12.3 Å². The molecule has 7 rings (SSSR count). The first-order valence-electron chi connectivity index (χ1n) is 12.5. The molecule has 7 nitrogen and oxygen atoms in total. The van der Waals surface area contributed by atoms with Gasteiger partial charge in [0.05, 0.1) is 7.11 Å². The number of allylic oxidation sites excluding steroid dienone is 1. The zero-order valence-electron chi connectivity index (χ0n) is 20.9. The van der Waals surface area contributed by atoms with Crippen LogP contribution in [0.2, 0.25) is 0 Å². The van der Waals surface area contributed by atoms with Gasteiger partial charge in [0.15, 0.2) is 16.9 Å². The summed E-state index contributed by atoms with van der Waals surface area (Å²) < 4.78 is 11.5. The molecule has 1 aliphatic rings. The third-order valence-corrected chi connectivity index (χ3v) is 7.62. The van der Waals surface area contributed by atoms with Gasteiger partial charge in [-0.3, -0.25) is 4.79 Å². The Morgan fingerprint density at radius 3 is 2.56 bits per heavy atom. The topological polar surface area (TPSA) is 116 Å². The fraction of sp³-hybridized carbons (Fsp3) is 0.0938. The zero-order valence-corrected chi connectivity index (χ0v) is 20.9. The van der Waals surface area contributed by atoms with E-state index in [1.807, 2.05) is 12.3 Å². The standard InChI is InChI=1S/C32H23NO6/c1-38-32-29(36)23(31-28(30(32)37)25(35)15-26(39-31)16-7-9-19(34)10-8-16)13-17-5-6-18-14-24-21(11-12-33-24)22-4-2-3-20(17)27(18)22/h2-12,14-15,17,33-34,36-37H,13H2,1H3. The molecule has 1 atom stereocenters. The quantitative estimate of drug-likeness (QED) is 0.210. The Labute approximate surface area is 221 Å². The molecule has 0 saturated heterocycles. The second-order valence-electron chi connectivity index (χ2n) is 9.78. The Morgan fingerprint density at radius 2 is 1.77 bits per heavy atom. The van der Waals surface area contributed by atoms with E-state index in [0.29, 0.717) is 17.5 Å². The molecule has 4 aromatic carbocycles. The minimum absolute atomic E-state index is 0.0605. The second kappa shape index (κ2) is 8.43. The number of phenolic OH excluding ortho intramolecular Hbond substituents is 3. The van der Waals surface area contributed by atoms with Crippen molar-refractivity contribution in [3.63, 3.8) is 0 Å². The normalized spacial score (nSPS) is 14.4. The van der Waals surface area contributed by atoms with Crippen LogP contribution in [0.15, 0.2) is 82.1 Å². The molecule has 7 heteroatoms. The Bertz CT molecular complexity index is 2030. The molecule has 1 aliphatic carbocycles. The number of hydrogen-bond donors (Lipinski definition) is 4. The highest BCUT2D eigenvalue weighted by Crippen LogP contribution is 2.48. The molecule has 192 valence electrons. The van der Waals surface area contributed by atoms with Gasteiger partial charge in [0, 0.05) is 40.2 Å². The fourth-order valence-corrected chi connectivity index (χ4v) is 5.79. The molecule has 0 amide bonds. The number of phenols is 3. The van der Waals surface area contributed by atoms with Crippen molar-refractivity contribution in [2.75, 3.05) is 7.11 Å². The molecule has 0 bridgehead atoms. The van der Waals surface area contributed by atoms with E-state index in [0.717, 1.165) is 32.8 Å². The number of aromatic amines is 1. The minimum Gasteiger partial charge on any atom is -0.508 e. The van der Waals surface area contributed by atoms with Crippen molar-refractivity contribution < 1.29 is 24.5 Å². The van der Waals surface area contributed by atoms with Crippen LogP contribution in [0, 0.1) is 0 Å². The maximum Gasteiger partial charge on any atom is 0.204 e. The van der Waals surface area contributed by atoms with E-state index in [4.69, 9.17) is 9.15 Å². The smallest absolute Gasteiger partial charge is 0.204 e. The van der Waals surface area contributed by atoms with Crippen LogP contribution in [-0.2, 0) is 6.42 Å². The second-order valence-corrected chi connectivity index (χ2v) is 9.78. The average Bonchev–Trinajstić information content (AvgIpc) is 3.41. The molecule has 39 heavy (non-hydrogen) atoms. The highest BCUT2D eigenvalue weighted by atomic mass is 16.5. The Kier molecular flexibility index (Phi) is 4.97. The van der Waals surface area contributed by atoms with E-state index in [2.05, 4.69) is 41.4 Å². The molecule has 0 radical (unpaired) electrons. The van der Waals surface area contributed by atoms with Crippen molar-refractivity contribution in [2.24, 2.45) is 0 Å². The van der Waals surface area contributed by atoms with Crippen LogP contribution in [0.25, 0.3) is 50.0 Å².